The molecule has 0 radical (unpaired) electrons. The van der Waals surface area contributed by atoms with Crippen LogP contribution in [0, 0.1) is 18.3 Å². The maximum Gasteiger partial charge on any atom is 0.271 e. The summed E-state index contributed by atoms with van der Waals surface area (Å²) in [4.78, 5) is 41.8. The number of benzene rings is 1. The van der Waals surface area contributed by atoms with Gasteiger partial charge in [0.1, 0.15) is 23.0 Å². The van der Waals surface area contributed by atoms with Crippen LogP contribution in [-0.4, -0.2) is 75.9 Å². The van der Waals surface area contributed by atoms with Crippen LogP contribution in [0.4, 0.5) is 5.69 Å². The average Bonchev–Trinajstić information content (AvgIpc) is 3.91. The molecule has 1 aromatic carbocycles. The van der Waals surface area contributed by atoms with Crippen molar-refractivity contribution in [2.45, 2.75) is 26.2 Å². The van der Waals surface area contributed by atoms with Gasteiger partial charge in [-0.25, -0.2) is 0 Å². The second kappa shape index (κ2) is 16.7. The van der Waals surface area contributed by atoms with Crippen molar-refractivity contribution in [2.75, 3.05) is 53.7 Å². The number of anilines is 1. The molecule has 12 nitrogen and oxygen atoms in total. The predicted octanol–water partition coefficient (Wildman–Crippen LogP) is 2.09. The average molecular weight is 643 g/mol. The lowest BCUT2D eigenvalue weighted by molar-refractivity contribution is -0.126. The lowest BCUT2D eigenvalue weighted by Gasteiger charge is -2.25. The standard InChI is InChI=1S/C35H46N8O4/c1-8-11-22(16-17-42(4)5)21-43(6)35(46)31-23(9-2)18-25(20-39-31)26-12-10-13-27(32(26)47-7)40-28(30(37)34(45)38-3)19-29(36)41-33(44)24-14-15-24/h2,10-13,16-19,24,39-40H,8,14-15,20-21,36-37H2,1,3-7H3,(H,38,45)(H,41,44)/b17-16-,22-11-,29-19+,30-28+. The molecule has 0 spiro atoms. The number of rotatable bonds is 14. The normalized spacial score (nSPS) is 15.6. The zero-order chi connectivity index (χ0) is 34.7. The van der Waals surface area contributed by atoms with Gasteiger partial charge < -0.3 is 47.3 Å². The first kappa shape index (κ1) is 35.9. The quantitative estimate of drug-likeness (QED) is 0.101. The lowest BCUT2D eigenvalue weighted by Crippen LogP contribution is -2.37. The highest BCUT2D eigenvalue weighted by atomic mass is 16.5. The molecule has 0 bridgehead atoms. The van der Waals surface area contributed by atoms with Crippen molar-refractivity contribution in [2.24, 2.45) is 17.4 Å². The van der Waals surface area contributed by atoms with Crippen LogP contribution < -0.4 is 37.5 Å². The van der Waals surface area contributed by atoms with Crippen LogP contribution in [0.25, 0.3) is 5.57 Å². The predicted molar refractivity (Wildman–Crippen MR) is 186 cm³/mol. The minimum Gasteiger partial charge on any atom is -0.494 e. The number of nitrogens with two attached hydrogens (primary N) is 2. The number of hydrogen-bond acceptors (Lipinski definition) is 9. The number of allylic oxidation sites excluding steroid dienone is 4. The SMILES string of the molecule is C#CC1=C(C(=O)N(C)CC(/C=C\N(C)C)=C\CC)NCC(c2cccc(NC(/C=C(\N)NC(=O)C3CC3)=C(/N)C(=O)NC)c2OC)=C1. The fourth-order valence-electron chi connectivity index (χ4n) is 4.76. The van der Waals surface area contributed by atoms with Gasteiger partial charge in [0.15, 0.2) is 0 Å². The monoisotopic (exact) mass is 642 g/mol. The van der Waals surface area contributed by atoms with Crippen molar-refractivity contribution in [3.63, 3.8) is 0 Å². The maximum atomic E-state index is 13.5. The largest absolute Gasteiger partial charge is 0.494 e. The number of hydrogen-bond donors (Lipinski definition) is 6. The number of dihydropyridines is 1. The zero-order valence-electron chi connectivity index (χ0n) is 28.0. The van der Waals surface area contributed by atoms with Crippen LogP contribution in [0.1, 0.15) is 31.7 Å². The van der Waals surface area contributed by atoms with Crippen LogP contribution in [-0.2, 0) is 14.4 Å². The van der Waals surface area contributed by atoms with E-state index in [0.717, 1.165) is 30.4 Å². The van der Waals surface area contributed by atoms with Gasteiger partial charge in [0.25, 0.3) is 11.8 Å². The summed E-state index contributed by atoms with van der Waals surface area (Å²) in [6.45, 7) is 2.76. The number of para-hydroxylation sites is 1. The summed E-state index contributed by atoms with van der Waals surface area (Å²) < 4.78 is 5.82. The number of carbonyl (C=O) groups excluding carboxylic acids is 3. The summed E-state index contributed by atoms with van der Waals surface area (Å²) in [5.74, 6) is 2.09. The van der Waals surface area contributed by atoms with Gasteiger partial charge in [-0.1, -0.05) is 31.1 Å². The Bertz CT molecular complexity index is 1600. The van der Waals surface area contributed by atoms with Crippen LogP contribution in [0.2, 0.25) is 0 Å². The number of nitrogens with zero attached hydrogens (tertiary/aromatic N) is 2. The molecule has 3 rings (SSSR count). The van der Waals surface area contributed by atoms with E-state index in [9.17, 15) is 14.4 Å². The number of ether oxygens (including phenoxy) is 1. The zero-order valence-corrected chi connectivity index (χ0v) is 28.0. The molecule has 0 saturated heterocycles. The molecule has 1 aliphatic heterocycles. The van der Waals surface area contributed by atoms with Gasteiger partial charge in [0.05, 0.1) is 24.1 Å². The number of carbonyl (C=O) groups is 3. The van der Waals surface area contributed by atoms with Crippen molar-refractivity contribution in [1.82, 2.24) is 25.8 Å². The second-order valence-electron chi connectivity index (χ2n) is 11.4. The first-order valence-electron chi connectivity index (χ1n) is 15.3. The summed E-state index contributed by atoms with van der Waals surface area (Å²) >= 11 is 0. The topological polar surface area (TPSA) is 167 Å². The summed E-state index contributed by atoms with van der Waals surface area (Å²) in [5, 5.41) is 11.5. The van der Waals surface area contributed by atoms with E-state index >= 15 is 0 Å². The van der Waals surface area contributed by atoms with Gasteiger partial charge in [-0.15, -0.1) is 6.42 Å². The van der Waals surface area contributed by atoms with Gasteiger partial charge >= 0.3 is 0 Å². The van der Waals surface area contributed by atoms with Gasteiger partial charge in [-0.2, -0.15) is 0 Å². The summed E-state index contributed by atoms with van der Waals surface area (Å²) in [6.07, 6.45) is 17.6. The molecular formula is C35H46N8O4. The molecule has 47 heavy (non-hydrogen) atoms. The minimum absolute atomic E-state index is 0.0301. The number of terminal acetylenes is 1. The van der Waals surface area contributed by atoms with E-state index in [2.05, 4.69) is 33.3 Å². The van der Waals surface area contributed by atoms with Crippen LogP contribution in [0.3, 0.4) is 0 Å². The van der Waals surface area contributed by atoms with Gasteiger partial charge in [0, 0.05) is 58.8 Å². The molecular weight excluding hydrogens is 596 g/mol. The van der Waals surface area contributed by atoms with Crippen LogP contribution in [0.15, 0.2) is 82.8 Å². The molecule has 12 heteroatoms. The van der Waals surface area contributed by atoms with E-state index in [4.69, 9.17) is 22.6 Å². The Balaban J connectivity index is 1.95. The molecule has 0 aromatic heterocycles. The maximum absolute atomic E-state index is 13.5. The van der Waals surface area contributed by atoms with Gasteiger partial charge in [-0.3, -0.25) is 14.4 Å². The molecule has 8 N–H and O–H groups in total. The summed E-state index contributed by atoms with van der Waals surface area (Å²) in [7, 11) is 8.59. The smallest absolute Gasteiger partial charge is 0.271 e. The fourth-order valence-corrected chi connectivity index (χ4v) is 4.76. The molecule has 1 saturated carbocycles. The van der Waals surface area contributed by atoms with Crippen molar-refractivity contribution < 1.29 is 19.1 Å². The molecule has 0 unspecified atom stereocenters. The summed E-state index contributed by atoms with van der Waals surface area (Å²) in [6, 6.07) is 5.40. The number of amides is 3. The molecule has 0 atom stereocenters. The summed E-state index contributed by atoms with van der Waals surface area (Å²) in [5.41, 5.74) is 16.0. The van der Waals surface area contributed by atoms with Crippen LogP contribution >= 0.6 is 0 Å². The molecule has 1 aromatic rings. The Morgan fingerprint density at radius 2 is 1.91 bits per heavy atom. The number of methoxy groups -OCH3 is 1. The van der Waals surface area contributed by atoms with E-state index in [1.807, 2.05) is 44.3 Å². The van der Waals surface area contributed by atoms with E-state index in [1.165, 1.54) is 20.2 Å². The van der Waals surface area contributed by atoms with Crippen molar-refractivity contribution in [3.05, 3.63) is 88.3 Å². The third kappa shape index (κ3) is 9.71. The van der Waals surface area contributed by atoms with Crippen LogP contribution in [0.5, 0.6) is 5.75 Å². The third-order valence-electron chi connectivity index (χ3n) is 7.34. The Morgan fingerprint density at radius 3 is 2.51 bits per heavy atom. The van der Waals surface area contributed by atoms with Crippen molar-refractivity contribution in [1.29, 1.82) is 0 Å². The lowest BCUT2D eigenvalue weighted by atomic mass is 9.97. The Kier molecular flexibility index (Phi) is 12.7. The highest BCUT2D eigenvalue weighted by Crippen LogP contribution is 2.36. The highest BCUT2D eigenvalue weighted by molar-refractivity contribution is 5.98. The van der Waals surface area contributed by atoms with E-state index in [1.54, 1.807) is 30.2 Å². The van der Waals surface area contributed by atoms with E-state index < -0.39 is 5.91 Å². The molecule has 3 amide bonds. The fraction of sp³-hybridized carbons (Fsp3) is 0.343. The Labute approximate surface area is 277 Å². The molecule has 1 heterocycles. The number of likely N-dealkylation sites (N-methyl/N-ethyl adjacent to an activating group) is 2. The van der Waals surface area contributed by atoms with E-state index in [0.29, 0.717) is 41.4 Å². The minimum atomic E-state index is -0.545. The second-order valence-corrected chi connectivity index (χ2v) is 11.4. The van der Waals surface area contributed by atoms with Gasteiger partial charge in [-0.05, 0) is 54.8 Å². The highest BCUT2D eigenvalue weighted by Gasteiger charge is 2.30. The molecule has 2 aliphatic rings. The molecule has 250 valence electrons. The van der Waals surface area contributed by atoms with E-state index in [-0.39, 0.29) is 34.9 Å². The number of nitrogens with one attached hydrogen (secondary N) is 4. The van der Waals surface area contributed by atoms with Gasteiger partial charge in [0.2, 0.25) is 5.91 Å². The Hall–Kier alpha value is -5.57. The first-order valence-corrected chi connectivity index (χ1v) is 15.3. The van der Waals surface area contributed by atoms with Crippen molar-refractivity contribution >= 4 is 29.0 Å². The molecule has 1 aliphatic carbocycles. The third-order valence-corrected chi connectivity index (χ3v) is 7.34. The molecule has 1 fully saturated rings. The van der Waals surface area contributed by atoms with Crippen molar-refractivity contribution in [3.8, 4) is 18.1 Å². The Morgan fingerprint density at radius 1 is 1.19 bits per heavy atom. The first-order chi connectivity index (χ1) is 22.4.